The SMILES string of the molecule is NCCC1CCN(Cc2cc(Br)c(Br)s2)CC1. The molecule has 1 aromatic rings. The van der Waals surface area contributed by atoms with Gasteiger partial charge in [0.25, 0.3) is 0 Å². The highest BCUT2D eigenvalue weighted by molar-refractivity contribution is 9.13. The van der Waals surface area contributed by atoms with Gasteiger partial charge in [-0.1, -0.05) is 0 Å². The van der Waals surface area contributed by atoms with Crippen LogP contribution in [-0.2, 0) is 6.54 Å². The minimum absolute atomic E-state index is 0.843. The van der Waals surface area contributed by atoms with Gasteiger partial charge in [0.05, 0.1) is 3.79 Å². The van der Waals surface area contributed by atoms with Crippen molar-refractivity contribution >= 4 is 43.2 Å². The molecule has 2 heterocycles. The van der Waals surface area contributed by atoms with Gasteiger partial charge in [0, 0.05) is 15.9 Å². The van der Waals surface area contributed by atoms with Crippen LogP contribution in [0.3, 0.4) is 0 Å². The van der Waals surface area contributed by atoms with Crippen molar-refractivity contribution in [2.24, 2.45) is 11.7 Å². The van der Waals surface area contributed by atoms with Gasteiger partial charge < -0.3 is 5.73 Å². The van der Waals surface area contributed by atoms with E-state index in [2.05, 4.69) is 42.8 Å². The summed E-state index contributed by atoms with van der Waals surface area (Å²) in [6.07, 6.45) is 3.82. The number of halogens is 2. The van der Waals surface area contributed by atoms with E-state index in [4.69, 9.17) is 5.73 Å². The summed E-state index contributed by atoms with van der Waals surface area (Å²) in [7, 11) is 0. The highest BCUT2D eigenvalue weighted by Gasteiger charge is 2.19. The highest BCUT2D eigenvalue weighted by atomic mass is 79.9. The third kappa shape index (κ3) is 4.03. The Kier molecular flexibility index (Phi) is 5.49. The van der Waals surface area contributed by atoms with Crippen molar-refractivity contribution in [2.45, 2.75) is 25.8 Å². The summed E-state index contributed by atoms with van der Waals surface area (Å²) in [6.45, 7) is 4.37. The van der Waals surface area contributed by atoms with Crippen LogP contribution in [0.5, 0.6) is 0 Å². The zero-order valence-corrected chi connectivity index (χ0v) is 13.8. The Labute approximate surface area is 124 Å². The number of rotatable bonds is 4. The van der Waals surface area contributed by atoms with E-state index in [0.717, 1.165) is 19.0 Å². The van der Waals surface area contributed by atoms with Gasteiger partial charge in [0.1, 0.15) is 0 Å². The summed E-state index contributed by atoms with van der Waals surface area (Å²) in [5.41, 5.74) is 5.61. The van der Waals surface area contributed by atoms with E-state index < -0.39 is 0 Å². The van der Waals surface area contributed by atoms with E-state index in [1.165, 1.54) is 45.5 Å². The Morgan fingerprint density at radius 3 is 2.59 bits per heavy atom. The smallest absolute Gasteiger partial charge is 0.0843 e. The molecule has 0 aliphatic carbocycles. The standard InChI is InChI=1S/C12H18Br2N2S/c13-11-7-10(17-12(11)14)8-16-5-2-9(1-4-15)3-6-16/h7,9H,1-6,8,15H2. The van der Waals surface area contributed by atoms with Crippen molar-refractivity contribution in [3.63, 3.8) is 0 Å². The van der Waals surface area contributed by atoms with Crippen molar-refractivity contribution in [1.29, 1.82) is 0 Å². The monoisotopic (exact) mass is 380 g/mol. The number of hydrogen-bond donors (Lipinski definition) is 1. The fourth-order valence-electron chi connectivity index (χ4n) is 2.36. The minimum atomic E-state index is 0.843. The molecular weight excluding hydrogens is 364 g/mol. The van der Waals surface area contributed by atoms with Crippen LogP contribution in [0.15, 0.2) is 14.3 Å². The number of nitrogens with zero attached hydrogens (tertiary/aromatic N) is 1. The molecule has 5 heteroatoms. The number of nitrogens with two attached hydrogens (primary N) is 1. The molecular formula is C12H18Br2N2S. The maximum atomic E-state index is 5.61. The normalized spacial score (nSPS) is 18.8. The van der Waals surface area contributed by atoms with E-state index in [0.29, 0.717) is 0 Å². The fraction of sp³-hybridized carbons (Fsp3) is 0.667. The van der Waals surface area contributed by atoms with Gasteiger partial charge in [0.15, 0.2) is 0 Å². The van der Waals surface area contributed by atoms with Gasteiger partial charge in [0.2, 0.25) is 0 Å². The van der Waals surface area contributed by atoms with Gasteiger partial charge in [-0.2, -0.15) is 0 Å². The second-order valence-electron chi connectivity index (χ2n) is 4.63. The Morgan fingerprint density at radius 2 is 2.06 bits per heavy atom. The molecule has 0 unspecified atom stereocenters. The zero-order valence-electron chi connectivity index (χ0n) is 9.79. The molecule has 1 fully saturated rings. The van der Waals surface area contributed by atoms with Gasteiger partial charge >= 0.3 is 0 Å². The van der Waals surface area contributed by atoms with Crippen LogP contribution in [0.4, 0.5) is 0 Å². The van der Waals surface area contributed by atoms with Crippen LogP contribution in [0.2, 0.25) is 0 Å². The molecule has 1 aliphatic rings. The molecule has 2 rings (SSSR count). The first-order valence-corrected chi connectivity index (χ1v) is 8.45. The number of likely N-dealkylation sites (tertiary alicyclic amines) is 1. The van der Waals surface area contributed by atoms with Gasteiger partial charge in [-0.3, -0.25) is 4.90 Å². The van der Waals surface area contributed by atoms with E-state index in [-0.39, 0.29) is 0 Å². The topological polar surface area (TPSA) is 29.3 Å². The minimum Gasteiger partial charge on any atom is -0.330 e. The van der Waals surface area contributed by atoms with Gasteiger partial charge in [-0.05, 0) is 82.7 Å². The first-order valence-electron chi connectivity index (χ1n) is 6.05. The van der Waals surface area contributed by atoms with E-state index in [9.17, 15) is 0 Å². The summed E-state index contributed by atoms with van der Waals surface area (Å²) >= 11 is 8.92. The number of hydrogen-bond acceptors (Lipinski definition) is 3. The second kappa shape index (κ2) is 6.66. The number of piperidine rings is 1. The fourth-order valence-corrected chi connectivity index (χ4v) is 4.58. The van der Waals surface area contributed by atoms with Crippen LogP contribution in [-0.4, -0.2) is 24.5 Å². The quantitative estimate of drug-likeness (QED) is 0.858. The summed E-state index contributed by atoms with van der Waals surface area (Å²) < 4.78 is 2.38. The van der Waals surface area contributed by atoms with Crippen molar-refractivity contribution in [3.8, 4) is 0 Å². The Bertz CT molecular complexity index is 340. The van der Waals surface area contributed by atoms with Crippen molar-refractivity contribution in [1.82, 2.24) is 4.90 Å². The largest absolute Gasteiger partial charge is 0.330 e. The van der Waals surface area contributed by atoms with Gasteiger partial charge in [-0.15, -0.1) is 11.3 Å². The lowest BCUT2D eigenvalue weighted by Crippen LogP contribution is -2.33. The molecule has 0 bridgehead atoms. The van der Waals surface area contributed by atoms with E-state index in [1.54, 1.807) is 0 Å². The Balaban J connectivity index is 1.81. The summed E-state index contributed by atoms with van der Waals surface area (Å²) in [6, 6.07) is 2.22. The molecule has 0 aromatic carbocycles. The first-order chi connectivity index (χ1) is 8.19. The molecule has 0 saturated carbocycles. The summed E-state index contributed by atoms with van der Waals surface area (Å²) in [5, 5.41) is 0. The van der Waals surface area contributed by atoms with Crippen molar-refractivity contribution in [2.75, 3.05) is 19.6 Å². The van der Waals surface area contributed by atoms with Crippen LogP contribution in [0, 0.1) is 5.92 Å². The molecule has 0 radical (unpaired) electrons. The molecule has 1 aliphatic heterocycles. The lowest BCUT2D eigenvalue weighted by atomic mass is 9.94. The van der Waals surface area contributed by atoms with Crippen molar-refractivity contribution in [3.05, 3.63) is 19.2 Å². The molecule has 2 N–H and O–H groups in total. The van der Waals surface area contributed by atoms with Crippen LogP contribution >= 0.6 is 43.2 Å². The average molecular weight is 382 g/mol. The lowest BCUT2D eigenvalue weighted by Gasteiger charge is -2.31. The third-order valence-electron chi connectivity index (χ3n) is 3.36. The van der Waals surface area contributed by atoms with Crippen LogP contribution < -0.4 is 5.73 Å². The van der Waals surface area contributed by atoms with Crippen LogP contribution in [0.25, 0.3) is 0 Å². The van der Waals surface area contributed by atoms with Crippen LogP contribution in [0.1, 0.15) is 24.1 Å². The first kappa shape index (κ1) is 14.0. The molecule has 2 nitrogen and oxygen atoms in total. The maximum absolute atomic E-state index is 5.61. The third-order valence-corrected chi connectivity index (χ3v) is 6.60. The highest BCUT2D eigenvalue weighted by Crippen LogP contribution is 2.33. The number of thiophene rings is 1. The Hall–Kier alpha value is 0.580. The predicted octanol–water partition coefficient (Wildman–Crippen LogP) is 3.83. The lowest BCUT2D eigenvalue weighted by molar-refractivity contribution is 0.175. The van der Waals surface area contributed by atoms with Gasteiger partial charge in [-0.25, -0.2) is 0 Å². The van der Waals surface area contributed by atoms with E-state index in [1.807, 2.05) is 11.3 Å². The summed E-state index contributed by atoms with van der Waals surface area (Å²) in [4.78, 5) is 3.98. The molecule has 0 atom stereocenters. The molecule has 1 saturated heterocycles. The zero-order chi connectivity index (χ0) is 12.3. The van der Waals surface area contributed by atoms with Crippen molar-refractivity contribution < 1.29 is 0 Å². The second-order valence-corrected chi connectivity index (χ2v) is 7.94. The summed E-state index contributed by atoms with van der Waals surface area (Å²) in [5.74, 6) is 0.859. The van der Waals surface area contributed by atoms with E-state index >= 15 is 0 Å². The molecule has 1 aromatic heterocycles. The molecule has 17 heavy (non-hydrogen) atoms. The molecule has 0 amide bonds. The maximum Gasteiger partial charge on any atom is 0.0843 e. The predicted molar refractivity (Wildman–Crippen MR) is 81.4 cm³/mol. The molecule has 0 spiro atoms. The Morgan fingerprint density at radius 1 is 1.35 bits per heavy atom. The molecule has 96 valence electrons. The average Bonchev–Trinajstić information content (AvgIpc) is 2.61.